The predicted molar refractivity (Wildman–Crippen MR) is 426 cm³/mol. The molecule has 16 atom stereocenters. The fourth-order valence-corrected chi connectivity index (χ4v) is 17.5. The topological polar surface area (TPSA) is 370 Å². The molecule has 10 aromatic rings. The van der Waals surface area contributed by atoms with Gasteiger partial charge in [0.25, 0.3) is 0 Å². The molecular weight excluding hydrogens is 1520 g/mol. The highest BCUT2D eigenvalue weighted by atomic mass is 35.5. The van der Waals surface area contributed by atoms with Gasteiger partial charge >= 0.3 is 12.2 Å². The van der Waals surface area contributed by atoms with Gasteiger partial charge in [0.05, 0.1) is 25.6 Å². The van der Waals surface area contributed by atoms with Crippen LogP contribution in [-0.4, -0.2) is 269 Å². The lowest BCUT2D eigenvalue weighted by molar-refractivity contribution is -0.200. The first-order chi connectivity index (χ1) is 56.9. The van der Waals surface area contributed by atoms with Crippen LogP contribution in [0.2, 0.25) is 5.15 Å². The number of hydrogen-bond acceptors (Lipinski definition) is 29. The van der Waals surface area contributed by atoms with Crippen molar-refractivity contribution in [3.63, 3.8) is 0 Å². The molecule has 117 heavy (non-hydrogen) atoms. The summed E-state index contributed by atoms with van der Waals surface area (Å²) in [5.41, 5.74) is 8.45. The number of amides is 2. The van der Waals surface area contributed by atoms with Crippen LogP contribution >= 0.6 is 11.6 Å². The number of anilines is 2. The third-order valence-electron chi connectivity index (χ3n) is 22.8. The number of benzene rings is 4. The summed E-state index contributed by atoms with van der Waals surface area (Å²) in [5.74, 6) is -0.252. The second-order valence-electron chi connectivity index (χ2n) is 32.2. The lowest BCUT2D eigenvalue weighted by Gasteiger charge is -2.25. The van der Waals surface area contributed by atoms with Crippen molar-refractivity contribution < 1.29 is 67.5 Å². The zero-order valence-corrected chi connectivity index (χ0v) is 66.3. The average Bonchev–Trinajstić information content (AvgIpc) is 1.59. The van der Waals surface area contributed by atoms with Crippen molar-refractivity contribution in [2.45, 2.75) is 189 Å². The van der Waals surface area contributed by atoms with Crippen LogP contribution in [0.3, 0.4) is 0 Å². The van der Waals surface area contributed by atoms with Crippen LogP contribution in [0.5, 0.6) is 0 Å². The molecule has 9 fully saturated rings. The summed E-state index contributed by atoms with van der Waals surface area (Å²) in [7, 11) is 0. The van der Waals surface area contributed by atoms with Crippen LogP contribution in [0.15, 0.2) is 159 Å². The van der Waals surface area contributed by atoms with E-state index in [4.69, 9.17) is 59.2 Å². The molecule has 9 saturated heterocycles. The lowest BCUT2D eigenvalue weighted by Crippen LogP contribution is -2.40. The van der Waals surface area contributed by atoms with Crippen LogP contribution in [0, 0.1) is 0 Å². The number of alkyl carbamates (subject to hydrolysis) is 2. The maximum absolute atomic E-state index is 12.9. The summed E-state index contributed by atoms with van der Waals surface area (Å²) < 4.78 is 59.1. The molecule has 19 rings (SSSR count). The number of aliphatic hydroxyl groups excluding tert-OH is 3. The Labute approximate surface area is 680 Å². The maximum atomic E-state index is 12.9. The molecule has 0 radical (unpaired) electrons. The summed E-state index contributed by atoms with van der Waals surface area (Å²) in [4.78, 5) is 74.6. The Kier molecular flexibility index (Phi) is 24.0. The number of likely N-dealkylation sites (tertiary alicyclic amines) is 4. The third-order valence-corrected chi connectivity index (χ3v) is 23.1. The average molecular weight is 1620 g/mol. The molecule has 34 nitrogen and oxygen atoms in total. The highest BCUT2D eigenvalue weighted by Gasteiger charge is 2.58. The molecule has 6 aromatic heterocycles. The van der Waals surface area contributed by atoms with Crippen molar-refractivity contribution in [2.24, 2.45) is 0 Å². The fraction of sp³-hybridized carbons (Fsp3) is 0.500. The van der Waals surface area contributed by atoms with Crippen molar-refractivity contribution in [1.82, 2.24) is 88.8 Å². The molecule has 2 amide bonds. The van der Waals surface area contributed by atoms with Crippen molar-refractivity contribution in [1.29, 1.82) is 0 Å². The van der Waals surface area contributed by atoms with Gasteiger partial charge in [-0.15, -0.1) is 0 Å². The number of nitrogens with zero attached hydrogens (tertiary/aromatic N) is 16. The van der Waals surface area contributed by atoms with Crippen LogP contribution in [0.25, 0.3) is 33.5 Å². The third kappa shape index (κ3) is 18.3. The summed E-state index contributed by atoms with van der Waals surface area (Å²) in [6, 6.07) is 42.0. The Morgan fingerprint density at radius 3 is 1.22 bits per heavy atom. The molecule has 7 N–H and O–H groups in total. The molecule has 9 aliphatic heterocycles. The molecule has 35 heteroatoms. The first-order valence-corrected chi connectivity index (χ1v) is 40.5. The number of halogens is 1. The molecule has 0 spiro atoms. The van der Waals surface area contributed by atoms with E-state index in [-0.39, 0.29) is 61.3 Å². The second-order valence-corrected chi connectivity index (χ2v) is 32.5. The number of carbonyl (C=O) groups excluding carboxylic acids is 2. The number of imidazole rings is 3. The van der Waals surface area contributed by atoms with E-state index in [1.165, 1.54) is 41.2 Å². The molecule has 15 heterocycles. The zero-order chi connectivity index (χ0) is 80.3. The van der Waals surface area contributed by atoms with Gasteiger partial charge in [-0.2, -0.15) is 0 Å². The number of ether oxygens (including phenoxy) is 9. The van der Waals surface area contributed by atoms with E-state index in [1.807, 2.05) is 80.8 Å². The molecule has 0 saturated carbocycles. The Balaban J connectivity index is 0.000000134. The Morgan fingerprint density at radius 2 is 0.786 bits per heavy atom. The number of aromatic nitrogens is 12. The molecule has 618 valence electrons. The van der Waals surface area contributed by atoms with Crippen LogP contribution in [0.4, 0.5) is 21.2 Å². The van der Waals surface area contributed by atoms with Gasteiger partial charge in [-0.25, -0.2) is 54.4 Å². The normalized spacial score (nSPS) is 28.7. The smallest absolute Gasteiger partial charge is 0.407 e. The summed E-state index contributed by atoms with van der Waals surface area (Å²) in [5, 5.41) is 44.6. The van der Waals surface area contributed by atoms with E-state index in [9.17, 15) is 24.9 Å². The number of fused-ring (bicyclic) bond motifs is 5. The minimum atomic E-state index is -1.27. The van der Waals surface area contributed by atoms with Gasteiger partial charge in [0.15, 0.2) is 75.0 Å². The van der Waals surface area contributed by atoms with Crippen LogP contribution < -0.4 is 21.3 Å². The molecule has 9 aliphatic rings. The van der Waals surface area contributed by atoms with E-state index in [0.29, 0.717) is 45.1 Å². The second kappa shape index (κ2) is 35.1. The standard InChI is InChI=1S/C36H44N8O5.C33H40N8O5.C13H15ClN4O4/c1-36(2)48-30-28(21-46-35(45)41-27-14-16-43(20-27)18-25-11-7-4-8-12-25)47-34(31(30)49-36)44-23-39-29-32(37-22-38-33(29)44)40-26-13-15-42(19-26)17-24-9-5-3-6-10-24;42-28-26(19-45-33(44)38-25-12-14-40(18-25)16-23-9-5-2-6-10-23)46-32(29(28)43)41-21-36-27-30(34-20-35-31(27)41)37-24-11-13-39(17-24)15-22-7-3-1-4-8-22;1-13(2)21-8-6(3-19)20-12(9(8)22-13)18-5-17-7-10(14)15-4-16-11(7)18/h3-12,22-23,26-28,30-31,34H,13-21H2,1-2H3,(H,41,45)(H,37,38,40);1-10,20-21,24-26,28-29,32,42-43H,11-19H2,(H,38,44)(H,34,35,37);4-6,8-9,12,19H,3H2,1-2H3/t26-,27-,28-,30-,31-,34-;24-,25-,26-,28-,29-,32-;6-,8-,9-,12-/m111/s1. The van der Waals surface area contributed by atoms with E-state index >= 15 is 0 Å². The number of rotatable bonds is 22. The maximum Gasteiger partial charge on any atom is 0.407 e. The quantitative estimate of drug-likeness (QED) is 0.0337. The zero-order valence-electron chi connectivity index (χ0n) is 65.5. The SMILES string of the molecule is CC1(C)O[C@@H]2[C@H](O1)[C@@H](CO)O[C@H]2n1cnc2c(Cl)ncnc21.CC1(C)O[C@@H]2[C@H](O1)[C@@H](COC(=O)N[C@@H]1CCN(Cc3ccccc3)C1)O[C@H]2n1cnc2c(N[C@@H]3CCN(Cc4ccccc4)C3)ncnc21.O=C(N[C@@H]1CCN(Cc2ccccc2)C1)OC[C@H]1O[C@@H](n2cnc3c(N[C@@H]4CCN(Cc5ccccc5)C4)ncnc32)[C@H](O)[C@@H]1O. The number of hydrogen-bond donors (Lipinski definition) is 7. The lowest BCUT2D eigenvalue weighted by atomic mass is 10.1. The van der Waals surface area contributed by atoms with Gasteiger partial charge in [0.2, 0.25) is 0 Å². The van der Waals surface area contributed by atoms with Crippen LogP contribution in [0.1, 0.15) is 94.3 Å². The molecule has 0 bridgehead atoms. The Hall–Kier alpha value is -9.60. The van der Waals surface area contributed by atoms with Crippen molar-refractivity contribution in [3.05, 3.63) is 187 Å². The number of carbonyl (C=O) groups is 2. The first kappa shape index (κ1) is 79.8. The van der Waals surface area contributed by atoms with E-state index < -0.39 is 85.2 Å². The predicted octanol–water partition coefficient (Wildman–Crippen LogP) is 6.95. The van der Waals surface area contributed by atoms with Gasteiger partial charge in [-0.1, -0.05) is 133 Å². The van der Waals surface area contributed by atoms with E-state index in [0.717, 1.165) is 104 Å². The minimum Gasteiger partial charge on any atom is -0.447 e. The van der Waals surface area contributed by atoms with Gasteiger partial charge < -0.3 is 79.2 Å². The highest BCUT2D eigenvalue weighted by Crippen LogP contribution is 2.46. The van der Waals surface area contributed by atoms with E-state index in [1.54, 1.807) is 28.1 Å². The highest BCUT2D eigenvalue weighted by molar-refractivity contribution is 6.33. The largest absolute Gasteiger partial charge is 0.447 e. The van der Waals surface area contributed by atoms with Gasteiger partial charge in [-0.05, 0) is 75.6 Å². The molecule has 0 unspecified atom stereocenters. The Morgan fingerprint density at radius 1 is 0.436 bits per heavy atom. The van der Waals surface area contributed by atoms with Crippen LogP contribution in [-0.2, 0) is 68.8 Å². The van der Waals surface area contributed by atoms with Gasteiger partial charge in [-0.3, -0.25) is 33.3 Å². The summed E-state index contributed by atoms with van der Waals surface area (Å²) in [6.45, 7) is 17.7. The molecule has 0 aliphatic carbocycles. The van der Waals surface area contributed by atoms with Crippen molar-refractivity contribution in [2.75, 3.05) is 82.8 Å². The summed E-state index contributed by atoms with van der Waals surface area (Å²) >= 11 is 6.03. The Bertz CT molecular complexity index is 5010. The molecular formula is C82H99ClN20O14. The number of nitrogens with one attached hydrogen (secondary N) is 4. The van der Waals surface area contributed by atoms with Crippen molar-refractivity contribution in [3.8, 4) is 0 Å². The monoisotopic (exact) mass is 1620 g/mol. The molecule has 4 aromatic carbocycles. The summed E-state index contributed by atoms with van der Waals surface area (Å²) in [6.07, 6.45) is 3.74. The van der Waals surface area contributed by atoms with E-state index in [2.05, 4.69) is 154 Å². The number of aliphatic hydroxyl groups is 3. The van der Waals surface area contributed by atoms with Crippen molar-refractivity contribution >= 4 is 68.9 Å². The minimum absolute atomic E-state index is 0.0268. The van der Waals surface area contributed by atoms with Gasteiger partial charge in [0, 0.05) is 103 Å². The first-order valence-electron chi connectivity index (χ1n) is 40.1. The van der Waals surface area contributed by atoms with Gasteiger partial charge in [0.1, 0.15) is 92.6 Å². The fourth-order valence-electron chi connectivity index (χ4n) is 17.3.